The van der Waals surface area contributed by atoms with Crippen molar-refractivity contribution in [2.75, 3.05) is 13.2 Å². The Bertz CT molecular complexity index is 807. The maximum Gasteiger partial charge on any atom is 0.123 e. The molecule has 0 aliphatic heterocycles. The molecule has 3 aromatic rings. The van der Waals surface area contributed by atoms with Gasteiger partial charge in [-0.3, -0.25) is 4.90 Å². The van der Waals surface area contributed by atoms with E-state index in [1.54, 1.807) is 24.3 Å². The fourth-order valence-electron chi connectivity index (χ4n) is 3.12. The van der Waals surface area contributed by atoms with Crippen LogP contribution in [0.5, 0.6) is 0 Å². The average molecular weight is 397 g/mol. The van der Waals surface area contributed by atoms with E-state index in [4.69, 9.17) is 4.74 Å². The number of ether oxygens (including phenoxy) is 1. The maximum absolute atomic E-state index is 13.2. The van der Waals surface area contributed by atoms with E-state index in [1.165, 1.54) is 24.3 Å². The lowest BCUT2D eigenvalue weighted by Crippen LogP contribution is -2.34. The molecule has 0 fully saturated rings. The standard InChI is InChI=1S/C24H25F2NO2/c25-22-10-6-19(7-11-22)14-27(15-20-8-12-23(26)13-9-20)16-24(28)18-29-17-21-4-2-1-3-5-21/h1-13,24,28H,14-18H2/t24-/m0/s1. The molecular formula is C24H25F2NO2. The van der Waals surface area contributed by atoms with Gasteiger partial charge in [0.05, 0.1) is 19.3 Å². The van der Waals surface area contributed by atoms with Gasteiger partial charge < -0.3 is 9.84 Å². The first-order valence-electron chi connectivity index (χ1n) is 9.59. The summed E-state index contributed by atoms with van der Waals surface area (Å²) >= 11 is 0. The van der Waals surface area contributed by atoms with Crippen LogP contribution in [-0.2, 0) is 24.4 Å². The Kier molecular flexibility index (Phi) is 7.87. The van der Waals surface area contributed by atoms with Crippen LogP contribution in [-0.4, -0.2) is 29.3 Å². The average Bonchev–Trinajstić information content (AvgIpc) is 2.72. The molecule has 0 aromatic heterocycles. The second-order valence-corrected chi connectivity index (χ2v) is 7.08. The van der Waals surface area contributed by atoms with Gasteiger partial charge in [0.1, 0.15) is 11.6 Å². The topological polar surface area (TPSA) is 32.7 Å². The van der Waals surface area contributed by atoms with E-state index in [0.29, 0.717) is 26.2 Å². The number of halogens is 2. The van der Waals surface area contributed by atoms with Crippen molar-refractivity contribution < 1.29 is 18.6 Å². The van der Waals surface area contributed by atoms with E-state index in [0.717, 1.165) is 16.7 Å². The summed E-state index contributed by atoms with van der Waals surface area (Å²) in [4.78, 5) is 2.04. The molecule has 0 heterocycles. The van der Waals surface area contributed by atoms with E-state index in [1.807, 2.05) is 35.2 Å². The molecule has 0 aliphatic rings. The van der Waals surface area contributed by atoms with E-state index in [2.05, 4.69) is 0 Å². The number of nitrogens with zero attached hydrogens (tertiary/aromatic N) is 1. The Hall–Kier alpha value is -2.60. The predicted octanol–water partition coefficient (Wildman–Crippen LogP) is 4.54. The van der Waals surface area contributed by atoms with Crippen LogP contribution in [0.3, 0.4) is 0 Å². The molecule has 0 amide bonds. The Morgan fingerprint density at radius 2 is 1.24 bits per heavy atom. The Morgan fingerprint density at radius 1 is 0.724 bits per heavy atom. The molecule has 0 saturated carbocycles. The van der Waals surface area contributed by atoms with Crippen molar-refractivity contribution in [3.05, 3.63) is 107 Å². The molecule has 3 aromatic carbocycles. The molecule has 0 saturated heterocycles. The van der Waals surface area contributed by atoms with Gasteiger partial charge in [-0.25, -0.2) is 8.78 Å². The lowest BCUT2D eigenvalue weighted by Gasteiger charge is -2.25. The van der Waals surface area contributed by atoms with Crippen LogP contribution in [0.4, 0.5) is 8.78 Å². The highest BCUT2D eigenvalue weighted by Crippen LogP contribution is 2.13. The third kappa shape index (κ3) is 7.38. The van der Waals surface area contributed by atoms with Gasteiger partial charge in [-0.05, 0) is 41.0 Å². The molecule has 0 aliphatic carbocycles. The largest absolute Gasteiger partial charge is 0.389 e. The summed E-state index contributed by atoms with van der Waals surface area (Å²) in [5.74, 6) is -0.568. The third-order valence-corrected chi connectivity index (χ3v) is 4.53. The fraction of sp³-hybridized carbons (Fsp3) is 0.250. The summed E-state index contributed by atoms with van der Waals surface area (Å²) < 4.78 is 32.0. The highest BCUT2D eigenvalue weighted by Gasteiger charge is 2.14. The highest BCUT2D eigenvalue weighted by atomic mass is 19.1. The van der Waals surface area contributed by atoms with Gasteiger partial charge in [0, 0.05) is 19.6 Å². The van der Waals surface area contributed by atoms with Crippen LogP contribution in [0.2, 0.25) is 0 Å². The Balaban J connectivity index is 1.58. The van der Waals surface area contributed by atoms with E-state index < -0.39 is 6.10 Å². The maximum atomic E-state index is 13.2. The lowest BCUT2D eigenvalue weighted by atomic mass is 10.1. The first-order chi connectivity index (χ1) is 14.1. The van der Waals surface area contributed by atoms with Crippen molar-refractivity contribution in [2.45, 2.75) is 25.8 Å². The molecule has 1 atom stereocenters. The summed E-state index contributed by atoms with van der Waals surface area (Å²) in [6, 6.07) is 22.4. The molecule has 0 spiro atoms. The van der Waals surface area contributed by atoms with Gasteiger partial charge in [0.15, 0.2) is 0 Å². The minimum Gasteiger partial charge on any atom is -0.389 e. The quantitative estimate of drug-likeness (QED) is 0.545. The minimum atomic E-state index is -0.681. The smallest absolute Gasteiger partial charge is 0.123 e. The first kappa shape index (κ1) is 21.1. The number of aliphatic hydroxyl groups excluding tert-OH is 1. The third-order valence-electron chi connectivity index (χ3n) is 4.53. The van der Waals surface area contributed by atoms with Gasteiger partial charge in [-0.1, -0.05) is 54.6 Å². The normalized spacial score (nSPS) is 12.3. The van der Waals surface area contributed by atoms with E-state index >= 15 is 0 Å². The summed E-state index contributed by atoms with van der Waals surface area (Å²) in [5, 5.41) is 10.5. The summed E-state index contributed by atoms with van der Waals surface area (Å²) in [6.45, 7) is 2.09. The van der Waals surface area contributed by atoms with Gasteiger partial charge in [-0.15, -0.1) is 0 Å². The zero-order chi connectivity index (χ0) is 20.5. The van der Waals surface area contributed by atoms with E-state index in [-0.39, 0.29) is 18.2 Å². The predicted molar refractivity (Wildman–Crippen MR) is 109 cm³/mol. The highest BCUT2D eigenvalue weighted by molar-refractivity contribution is 5.18. The van der Waals surface area contributed by atoms with Crippen LogP contribution in [0.15, 0.2) is 78.9 Å². The van der Waals surface area contributed by atoms with Crippen molar-refractivity contribution in [3.63, 3.8) is 0 Å². The molecule has 152 valence electrons. The van der Waals surface area contributed by atoms with Crippen LogP contribution in [0.25, 0.3) is 0 Å². The van der Waals surface area contributed by atoms with Crippen LogP contribution in [0, 0.1) is 11.6 Å². The number of benzene rings is 3. The van der Waals surface area contributed by atoms with Crippen molar-refractivity contribution in [3.8, 4) is 0 Å². The number of rotatable bonds is 10. The monoisotopic (exact) mass is 397 g/mol. The molecule has 0 bridgehead atoms. The first-order valence-corrected chi connectivity index (χ1v) is 9.59. The molecule has 1 N–H and O–H groups in total. The van der Waals surface area contributed by atoms with Gasteiger partial charge in [0.25, 0.3) is 0 Å². The number of hydrogen-bond acceptors (Lipinski definition) is 3. The molecular weight excluding hydrogens is 372 g/mol. The zero-order valence-corrected chi connectivity index (χ0v) is 16.2. The lowest BCUT2D eigenvalue weighted by molar-refractivity contribution is 0.00712. The summed E-state index contributed by atoms with van der Waals surface area (Å²) in [7, 11) is 0. The Labute approximate surface area is 170 Å². The molecule has 0 radical (unpaired) electrons. The number of hydrogen-bond donors (Lipinski definition) is 1. The summed E-state index contributed by atoms with van der Waals surface area (Å²) in [5.41, 5.74) is 2.92. The molecule has 0 unspecified atom stereocenters. The zero-order valence-electron chi connectivity index (χ0n) is 16.2. The Morgan fingerprint density at radius 3 is 1.76 bits per heavy atom. The van der Waals surface area contributed by atoms with Gasteiger partial charge >= 0.3 is 0 Å². The van der Waals surface area contributed by atoms with E-state index in [9.17, 15) is 13.9 Å². The second-order valence-electron chi connectivity index (χ2n) is 7.08. The van der Waals surface area contributed by atoms with Crippen molar-refractivity contribution in [1.29, 1.82) is 0 Å². The van der Waals surface area contributed by atoms with Gasteiger partial charge in [0.2, 0.25) is 0 Å². The SMILES string of the molecule is O[C@H](COCc1ccccc1)CN(Cc1ccc(F)cc1)Cc1ccc(F)cc1. The number of aliphatic hydroxyl groups is 1. The molecule has 5 heteroatoms. The fourth-order valence-corrected chi connectivity index (χ4v) is 3.12. The van der Waals surface area contributed by atoms with Crippen molar-refractivity contribution in [2.24, 2.45) is 0 Å². The van der Waals surface area contributed by atoms with Crippen LogP contribution < -0.4 is 0 Å². The van der Waals surface area contributed by atoms with Crippen molar-refractivity contribution in [1.82, 2.24) is 4.90 Å². The van der Waals surface area contributed by atoms with Gasteiger partial charge in [-0.2, -0.15) is 0 Å². The molecule has 3 rings (SSSR count). The molecule has 29 heavy (non-hydrogen) atoms. The summed E-state index contributed by atoms with van der Waals surface area (Å²) in [6.07, 6.45) is -0.681. The van der Waals surface area contributed by atoms with Crippen LogP contribution >= 0.6 is 0 Å². The molecule has 3 nitrogen and oxygen atoms in total. The minimum absolute atomic E-state index is 0.207. The second kappa shape index (κ2) is 10.8. The van der Waals surface area contributed by atoms with Crippen molar-refractivity contribution >= 4 is 0 Å². The van der Waals surface area contributed by atoms with Crippen LogP contribution in [0.1, 0.15) is 16.7 Å².